The first-order chi connectivity index (χ1) is 10.2. The second kappa shape index (κ2) is 5.65. The zero-order chi connectivity index (χ0) is 14.8. The number of nitrogens with one attached hydrogen (secondary N) is 2. The Kier molecular flexibility index (Phi) is 3.70. The minimum atomic E-state index is -0.257. The number of nitrogens with zero attached hydrogens (tertiary/aromatic N) is 5. The number of hydrogen-bond acceptors (Lipinski definition) is 6. The van der Waals surface area contributed by atoms with Gasteiger partial charge in [0.1, 0.15) is 18.2 Å². The summed E-state index contributed by atoms with van der Waals surface area (Å²) in [4.78, 5) is 22.8. The van der Waals surface area contributed by atoms with Crippen molar-refractivity contribution in [3.8, 4) is 0 Å². The van der Waals surface area contributed by atoms with Gasteiger partial charge in [-0.25, -0.2) is 4.98 Å². The highest BCUT2D eigenvalue weighted by atomic mass is 16.2. The molecule has 21 heavy (non-hydrogen) atoms. The van der Waals surface area contributed by atoms with Crippen LogP contribution in [0.5, 0.6) is 0 Å². The molecule has 112 valence electrons. The highest BCUT2D eigenvalue weighted by Crippen LogP contribution is 2.19. The fourth-order valence-electron chi connectivity index (χ4n) is 2.62. The number of aryl methyl sites for hydroxylation is 1. The third-order valence-corrected chi connectivity index (χ3v) is 3.55. The minimum absolute atomic E-state index is 0.0208. The molecule has 1 aliphatic rings. The molecular formula is C13H19N7O. The molecule has 2 aromatic rings. The molecule has 1 aliphatic heterocycles. The highest BCUT2D eigenvalue weighted by Gasteiger charge is 2.30. The second-order valence-corrected chi connectivity index (χ2v) is 5.04. The van der Waals surface area contributed by atoms with Gasteiger partial charge in [-0.2, -0.15) is 14.6 Å². The van der Waals surface area contributed by atoms with Gasteiger partial charge in [-0.1, -0.05) is 0 Å². The van der Waals surface area contributed by atoms with E-state index >= 15 is 0 Å². The molecule has 2 N–H and O–H groups in total. The second-order valence-electron chi connectivity index (χ2n) is 5.04. The number of hydrogen-bond donors (Lipinski definition) is 2. The smallest absolute Gasteiger partial charge is 0.254 e. The van der Waals surface area contributed by atoms with Crippen LogP contribution >= 0.6 is 0 Å². The van der Waals surface area contributed by atoms with Crippen molar-refractivity contribution in [1.82, 2.24) is 30.2 Å². The van der Waals surface area contributed by atoms with Gasteiger partial charge >= 0.3 is 0 Å². The number of rotatable bonds is 3. The summed E-state index contributed by atoms with van der Waals surface area (Å²) in [5.74, 6) is 1.43. The first kappa shape index (κ1) is 13.7. The van der Waals surface area contributed by atoms with Gasteiger partial charge in [0.25, 0.3) is 5.78 Å². The largest absolute Gasteiger partial charge is 0.355 e. The van der Waals surface area contributed by atoms with Gasteiger partial charge < -0.3 is 15.5 Å². The molecule has 1 atom stereocenters. The SMILES string of the molecule is CCNC(=O)C1CNCCN1c1cc(C)nc2ncnn12. The number of anilines is 1. The first-order valence-corrected chi connectivity index (χ1v) is 7.13. The van der Waals surface area contributed by atoms with E-state index in [4.69, 9.17) is 0 Å². The van der Waals surface area contributed by atoms with Crippen LogP contribution in [0, 0.1) is 6.92 Å². The summed E-state index contributed by atoms with van der Waals surface area (Å²) in [6.07, 6.45) is 1.48. The lowest BCUT2D eigenvalue weighted by Gasteiger charge is -2.36. The maximum absolute atomic E-state index is 12.3. The molecule has 8 heteroatoms. The number of carbonyl (C=O) groups is 1. The van der Waals surface area contributed by atoms with Crippen LogP contribution < -0.4 is 15.5 Å². The quantitative estimate of drug-likeness (QED) is 0.780. The molecule has 1 unspecified atom stereocenters. The first-order valence-electron chi connectivity index (χ1n) is 7.13. The molecule has 0 radical (unpaired) electrons. The lowest BCUT2D eigenvalue weighted by atomic mass is 10.1. The topological polar surface area (TPSA) is 87.5 Å². The van der Waals surface area contributed by atoms with E-state index in [1.54, 1.807) is 4.52 Å². The van der Waals surface area contributed by atoms with Gasteiger partial charge in [-0.05, 0) is 13.8 Å². The van der Waals surface area contributed by atoms with Gasteiger partial charge in [0.15, 0.2) is 0 Å². The van der Waals surface area contributed by atoms with Crippen LogP contribution in [0.15, 0.2) is 12.4 Å². The standard InChI is InChI=1S/C13H19N7O/c1-3-15-12(21)10-7-14-4-5-19(10)11-6-9(2)18-13-16-8-17-20(11)13/h6,8,10,14H,3-5,7H2,1-2H3,(H,15,21). The van der Waals surface area contributed by atoms with E-state index in [1.165, 1.54) is 6.33 Å². The van der Waals surface area contributed by atoms with E-state index in [0.717, 1.165) is 24.6 Å². The number of aromatic nitrogens is 4. The van der Waals surface area contributed by atoms with Crippen molar-refractivity contribution in [3.63, 3.8) is 0 Å². The average molecular weight is 289 g/mol. The molecule has 0 spiro atoms. The van der Waals surface area contributed by atoms with Crippen molar-refractivity contribution < 1.29 is 4.79 Å². The van der Waals surface area contributed by atoms with Crippen LogP contribution in [0.3, 0.4) is 0 Å². The Morgan fingerprint density at radius 3 is 3.24 bits per heavy atom. The molecule has 1 fully saturated rings. The normalized spacial score (nSPS) is 19.0. The Balaban J connectivity index is 2.02. The number of fused-ring (bicyclic) bond motifs is 1. The lowest BCUT2D eigenvalue weighted by molar-refractivity contribution is -0.122. The Morgan fingerprint density at radius 1 is 1.57 bits per heavy atom. The summed E-state index contributed by atoms with van der Waals surface area (Å²) in [6.45, 7) is 6.64. The Labute approximate surface area is 122 Å². The zero-order valence-electron chi connectivity index (χ0n) is 12.2. The molecule has 2 aromatic heterocycles. The zero-order valence-corrected chi connectivity index (χ0v) is 12.2. The molecule has 0 saturated carbocycles. The lowest BCUT2D eigenvalue weighted by Crippen LogP contribution is -2.58. The van der Waals surface area contributed by atoms with Crippen LogP contribution in [0.1, 0.15) is 12.6 Å². The number of amides is 1. The maximum Gasteiger partial charge on any atom is 0.254 e. The summed E-state index contributed by atoms with van der Waals surface area (Å²) in [5.41, 5.74) is 0.860. The van der Waals surface area contributed by atoms with E-state index in [2.05, 4.69) is 30.6 Å². The van der Waals surface area contributed by atoms with Crippen molar-refractivity contribution >= 4 is 17.5 Å². The molecule has 0 aromatic carbocycles. The Morgan fingerprint density at radius 2 is 2.43 bits per heavy atom. The fraction of sp³-hybridized carbons (Fsp3) is 0.538. The molecule has 1 amide bonds. The number of carbonyl (C=O) groups excluding carboxylic acids is 1. The molecule has 1 saturated heterocycles. The summed E-state index contributed by atoms with van der Waals surface area (Å²) in [6, 6.07) is 1.69. The summed E-state index contributed by atoms with van der Waals surface area (Å²) < 4.78 is 1.69. The molecule has 8 nitrogen and oxygen atoms in total. The van der Waals surface area contributed by atoms with Crippen LogP contribution in [0.25, 0.3) is 5.78 Å². The summed E-state index contributed by atoms with van der Waals surface area (Å²) in [5, 5.41) is 10.4. The van der Waals surface area contributed by atoms with E-state index < -0.39 is 0 Å². The predicted octanol–water partition coefficient (Wildman–Crippen LogP) is -0.653. The van der Waals surface area contributed by atoms with Crippen molar-refractivity contribution in [2.24, 2.45) is 0 Å². The van der Waals surface area contributed by atoms with E-state index in [9.17, 15) is 4.79 Å². The third kappa shape index (κ3) is 2.54. The molecule has 3 rings (SSSR count). The van der Waals surface area contributed by atoms with Gasteiger partial charge in [-0.15, -0.1) is 0 Å². The number of likely N-dealkylation sites (N-methyl/N-ethyl adjacent to an activating group) is 1. The monoisotopic (exact) mass is 289 g/mol. The third-order valence-electron chi connectivity index (χ3n) is 3.55. The van der Waals surface area contributed by atoms with E-state index in [1.807, 2.05) is 19.9 Å². The Bertz CT molecular complexity index is 653. The highest BCUT2D eigenvalue weighted by molar-refractivity contribution is 5.85. The average Bonchev–Trinajstić information content (AvgIpc) is 2.94. The van der Waals surface area contributed by atoms with Crippen LogP contribution in [0.4, 0.5) is 5.82 Å². The minimum Gasteiger partial charge on any atom is -0.355 e. The molecule has 0 bridgehead atoms. The van der Waals surface area contributed by atoms with Gasteiger partial charge in [-0.3, -0.25) is 4.79 Å². The maximum atomic E-state index is 12.3. The fourth-order valence-corrected chi connectivity index (χ4v) is 2.62. The summed E-state index contributed by atoms with van der Waals surface area (Å²) >= 11 is 0. The summed E-state index contributed by atoms with van der Waals surface area (Å²) in [7, 11) is 0. The van der Waals surface area contributed by atoms with E-state index in [-0.39, 0.29) is 11.9 Å². The van der Waals surface area contributed by atoms with Gasteiger partial charge in [0.05, 0.1) is 0 Å². The van der Waals surface area contributed by atoms with Crippen molar-refractivity contribution in [1.29, 1.82) is 0 Å². The molecule has 3 heterocycles. The van der Waals surface area contributed by atoms with Gasteiger partial charge in [0.2, 0.25) is 5.91 Å². The number of piperazine rings is 1. The van der Waals surface area contributed by atoms with Crippen molar-refractivity contribution in [3.05, 3.63) is 18.1 Å². The van der Waals surface area contributed by atoms with Crippen LogP contribution in [-0.2, 0) is 4.79 Å². The Hall–Kier alpha value is -2.22. The molecular weight excluding hydrogens is 270 g/mol. The van der Waals surface area contributed by atoms with Crippen LogP contribution in [0.2, 0.25) is 0 Å². The van der Waals surface area contributed by atoms with Crippen molar-refractivity contribution in [2.75, 3.05) is 31.1 Å². The predicted molar refractivity (Wildman–Crippen MR) is 78.2 cm³/mol. The van der Waals surface area contributed by atoms with Crippen molar-refractivity contribution in [2.45, 2.75) is 19.9 Å². The van der Waals surface area contributed by atoms with Gasteiger partial charge in [0, 0.05) is 37.9 Å². The van der Waals surface area contributed by atoms with Crippen LogP contribution in [-0.4, -0.2) is 57.7 Å². The van der Waals surface area contributed by atoms with E-state index in [0.29, 0.717) is 18.9 Å². The molecule has 0 aliphatic carbocycles.